The molecule has 19 heavy (non-hydrogen) atoms. The molecule has 2 amide bonds. The van der Waals surface area contributed by atoms with Crippen molar-refractivity contribution in [2.75, 3.05) is 16.8 Å². The quantitative estimate of drug-likeness (QED) is 0.780. The molecule has 6 heteroatoms. The molecule has 0 radical (unpaired) electrons. The van der Waals surface area contributed by atoms with Crippen LogP contribution >= 0.6 is 0 Å². The van der Waals surface area contributed by atoms with Crippen molar-refractivity contribution < 1.29 is 19.5 Å². The van der Waals surface area contributed by atoms with E-state index in [0.29, 0.717) is 5.69 Å². The Morgan fingerprint density at radius 3 is 2.74 bits per heavy atom. The van der Waals surface area contributed by atoms with Crippen LogP contribution < -0.4 is 10.2 Å². The Balaban J connectivity index is 2.31. The molecule has 1 aliphatic heterocycles. The minimum absolute atomic E-state index is 0.00579. The number of rotatable bonds is 2. The summed E-state index contributed by atoms with van der Waals surface area (Å²) in [6, 6.07) is 4.40. The molecule has 2 rings (SSSR count). The molecular formula is C13H14N2O4. The highest BCUT2D eigenvalue weighted by atomic mass is 16.3. The normalized spacial score (nSPS) is 15.5. The molecular weight excluding hydrogens is 248 g/mol. The van der Waals surface area contributed by atoms with Gasteiger partial charge in [-0.15, -0.1) is 0 Å². The second kappa shape index (κ2) is 5.09. The number of hydrogen-bond acceptors (Lipinski definition) is 4. The van der Waals surface area contributed by atoms with E-state index in [0.717, 1.165) is 0 Å². The molecule has 6 nitrogen and oxygen atoms in total. The zero-order valence-electron chi connectivity index (χ0n) is 10.5. The third kappa shape index (κ3) is 2.90. The van der Waals surface area contributed by atoms with E-state index in [2.05, 4.69) is 5.32 Å². The number of phenolic OH excluding ortho intramolecular Hbond substituents is 1. The fourth-order valence-electron chi connectivity index (χ4n) is 1.94. The van der Waals surface area contributed by atoms with Crippen LogP contribution in [-0.4, -0.2) is 29.2 Å². The largest absolute Gasteiger partial charge is 0.506 e. The van der Waals surface area contributed by atoms with Crippen molar-refractivity contribution in [3.8, 4) is 5.75 Å². The number of aromatic hydroxyl groups is 1. The Morgan fingerprint density at radius 2 is 2.05 bits per heavy atom. The number of ketones is 1. The number of anilines is 2. The molecule has 0 spiro atoms. The molecule has 0 bridgehead atoms. The first kappa shape index (κ1) is 13.1. The van der Waals surface area contributed by atoms with E-state index in [1.165, 1.54) is 30.0 Å². The average Bonchev–Trinajstić information content (AvgIpc) is 2.34. The zero-order chi connectivity index (χ0) is 14.0. The highest BCUT2D eigenvalue weighted by Gasteiger charge is 2.25. The van der Waals surface area contributed by atoms with E-state index in [4.69, 9.17) is 0 Å². The monoisotopic (exact) mass is 262 g/mol. The average molecular weight is 262 g/mol. The fourth-order valence-corrected chi connectivity index (χ4v) is 1.94. The van der Waals surface area contributed by atoms with Gasteiger partial charge in [-0.2, -0.15) is 0 Å². The first-order chi connectivity index (χ1) is 8.97. The van der Waals surface area contributed by atoms with Crippen LogP contribution in [0.25, 0.3) is 0 Å². The van der Waals surface area contributed by atoms with Gasteiger partial charge >= 0.3 is 0 Å². The summed E-state index contributed by atoms with van der Waals surface area (Å²) in [6.07, 6.45) is 0.459. The lowest BCUT2D eigenvalue weighted by Crippen LogP contribution is -2.40. The maximum absolute atomic E-state index is 11.8. The SMILES string of the molecule is CC(=O)Nc1cc(N2CC(=O)CCC2=O)ccc1O. The molecule has 1 fully saturated rings. The molecule has 0 aliphatic carbocycles. The smallest absolute Gasteiger partial charge is 0.227 e. The van der Waals surface area contributed by atoms with Crippen molar-refractivity contribution in [2.24, 2.45) is 0 Å². The number of amides is 2. The summed E-state index contributed by atoms with van der Waals surface area (Å²) in [5.41, 5.74) is 0.704. The van der Waals surface area contributed by atoms with Gasteiger partial charge in [0.1, 0.15) is 5.75 Å². The van der Waals surface area contributed by atoms with E-state index in [1.807, 2.05) is 0 Å². The van der Waals surface area contributed by atoms with Crippen LogP contribution in [-0.2, 0) is 14.4 Å². The van der Waals surface area contributed by atoms with Crippen LogP contribution in [0.15, 0.2) is 18.2 Å². The van der Waals surface area contributed by atoms with E-state index in [1.54, 1.807) is 0 Å². The van der Waals surface area contributed by atoms with Gasteiger partial charge in [-0.3, -0.25) is 14.4 Å². The van der Waals surface area contributed by atoms with Gasteiger partial charge in [0, 0.05) is 25.5 Å². The molecule has 1 saturated heterocycles. The van der Waals surface area contributed by atoms with Gasteiger partial charge in [0.05, 0.1) is 12.2 Å². The first-order valence-electron chi connectivity index (χ1n) is 5.90. The molecule has 0 unspecified atom stereocenters. The van der Waals surface area contributed by atoms with Gasteiger partial charge in [0.15, 0.2) is 5.78 Å². The van der Waals surface area contributed by atoms with Crippen LogP contribution in [0.4, 0.5) is 11.4 Å². The van der Waals surface area contributed by atoms with Gasteiger partial charge in [-0.25, -0.2) is 0 Å². The second-order valence-electron chi connectivity index (χ2n) is 4.40. The molecule has 1 heterocycles. The summed E-state index contributed by atoms with van der Waals surface area (Å²) in [5.74, 6) is -0.559. The number of phenols is 1. The Bertz CT molecular complexity index is 554. The van der Waals surface area contributed by atoms with E-state index >= 15 is 0 Å². The number of Topliss-reactive ketones (excluding diaryl/α,β-unsaturated/α-hetero) is 1. The van der Waals surface area contributed by atoms with Gasteiger partial charge in [0.2, 0.25) is 11.8 Å². The number of nitrogens with one attached hydrogen (secondary N) is 1. The maximum atomic E-state index is 11.8. The number of piperidine rings is 1. The molecule has 100 valence electrons. The fraction of sp³-hybridized carbons (Fsp3) is 0.308. The van der Waals surface area contributed by atoms with Crippen LogP contribution in [0.1, 0.15) is 19.8 Å². The molecule has 0 atom stereocenters. The molecule has 0 aromatic heterocycles. The summed E-state index contributed by atoms with van der Waals surface area (Å²) in [6.45, 7) is 1.35. The minimum atomic E-state index is -0.325. The van der Waals surface area contributed by atoms with E-state index < -0.39 is 0 Å². The van der Waals surface area contributed by atoms with Crippen molar-refractivity contribution in [2.45, 2.75) is 19.8 Å². The highest BCUT2D eigenvalue weighted by Crippen LogP contribution is 2.30. The predicted molar refractivity (Wildman–Crippen MR) is 69.0 cm³/mol. The Hall–Kier alpha value is -2.37. The van der Waals surface area contributed by atoms with Crippen molar-refractivity contribution in [3.05, 3.63) is 18.2 Å². The summed E-state index contributed by atoms with van der Waals surface area (Å²) in [5, 5.41) is 12.1. The molecule has 2 N–H and O–H groups in total. The Labute approximate surface area is 110 Å². The topological polar surface area (TPSA) is 86.7 Å². The molecule has 0 saturated carbocycles. The van der Waals surface area contributed by atoms with Crippen molar-refractivity contribution in [1.29, 1.82) is 0 Å². The van der Waals surface area contributed by atoms with E-state index in [9.17, 15) is 19.5 Å². The third-order valence-corrected chi connectivity index (χ3v) is 2.86. The molecule has 1 aromatic carbocycles. The number of carbonyl (C=O) groups excluding carboxylic acids is 3. The van der Waals surface area contributed by atoms with Gasteiger partial charge in [-0.05, 0) is 18.2 Å². The second-order valence-corrected chi connectivity index (χ2v) is 4.40. The lowest BCUT2D eigenvalue weighted by molar-refractivity contribution is -0.127. The summed E-state index contributed by atoms with van der Waals surface area (Å²) in [4.78, 5) is 35.6. The molecule has 1 aliphatic rings. The third-order valence-electron chi connectivity index (χ3n) is 2.86. The summed E-state index contributed by atoms with van der Waals surface area (Å²) in [7, 11) is 0. The van der Waals surface area contributed by atoms with Crippen molar-refractivity contribution in [3.63, 3.8) is 0 Å². The standard InChI is InChI=1S/C13H14N2O4/c1-8(16)14-11-6-9(2-4-12(11)18)15-7-10(17)3-5-13(15)19/h2,4,6,18H,3,5,7H2,1H3,(H,14,16). The summed E-state index contributed by atoms with van der Waals surface area (Å²) >= 11 is 0. The van der Waals surface area contributed by atoms with Gasteiger partial charge in [0.25, 0.3) is 0 Å². The number of nitrogens with zero attached hydrogens (tertiary/aromatic N) is 1. The number of hydrogen-bond donors (Lipinski definition) is 2. The van der Waals surface area contributed by atoms with Crippen LogP contribution in [0.3, 0.4) is 0 Å². The van der Waals surface area contributed by atoms with Crippen LogP contribution in [0, 0.1) is 0 Å². The lowest BCUT2D eigenvalue weighted by Gasteiger charge is -2.26. The van der Waals surface area contributed by atoms with Gasteiger partial charge in [-0.1, -0.05) is 0 Å². The number of benzene rings is 1. The van der Waals surface area contributed by atoms with Crippen LogP contribution in [0.2, 0.25) is 0 Å². The van der Waals surface area contributed by atoms with Crippen molar-refractivity contribution in [1.82, 2.24) is 0 Å². The zero-order valence-corrected chi connectivity index (χ0v) is 10.5. The maximum Gasteiger partial charge on any atom is 0.227 e. The lowest BCUT2D eigenvalue weighted by atomic mass is 10.1. The highest BCUT2D eigenvalue weighted by molar-refractivity contribution is 6.05. The van der Waals surface area contributed by atoms with Crippen molar-refractivity contribution >= 4 is 29.0 Å². The predicted octanol–water partition coefficient (Wildman–Crippen LogP) is 1.05. The Morgan fingerprint density at radius 1 is 1.32 bits per heavy atom. The summed E-state index contributed by atoms with van der Waals surface area (Å²) < 4.78 is 0. The first-order valence-corrected chi connectivity index (χ1v) is 5.90. The molecule has 1 aromatic rings. The number of carbonyl (C=O) groups is 3. The Kier molecular flexibility index (Phi) is 3.50. The van der Waals surface area contributed by atoms with Crippen LogP contribution in [0.5, 0.6) is 5.75 Å². The van der Waals surface area contributed by atoms with E-state index in [-0.39, 0.29) is 48.4 Å². The minimum Gasteiger partial charge on any atom is -0.506 e. The van der Waals surface area contributed by atoms with Gasteiger partial charge < -0.3 is 15.3 Å².